The quantitative estimate of drug-likeness (QED) is 0.772. The zero-order valence-electron chi connectivity index (χ0n) is 11.6. The maximum absolute atomic E-state index is 6.29. The fourth-order valence-electron chi connectivity index (χ4n) is 2.46. The number of para-hydroxylation sites is 1. The van der Waals surface area contributed by atoms with Crippen LogP contribution in [0, 0.1) is 0 Å². The molecular weight excluding hydrogens is 260 g/mol. The minimum Gasteiger partial charge on any atom is -0.489 e. The molecule has 1 fully saturated rings. The van der Waals surface area contributed by atoms with Crippen LogP contribution in [0.3, 0.4) is 0 Å². The van der Waals surface area contributed by atoms with Gasteiger partial charge in [-0.15, -0.1) is 11.6 Å². The number of aromatic nitrogens is 2. The van der Waals surface area contributed by atoms with E-state index in [0.29, 0.717) is 6.04 Å². The summed E-state index contributed by atoms with van der Waals surface area (Å²) in [6.07, 6.45) is 2.59. The van der Waals surface area contributed by atoms with Crippen LogP contribution in [0.5, 0.6) is 5.75 Å². The molecule has 1 aromatic heterocycles. The molecule has 1 heterocycles. The van der Waals surface area contributed by atoms with E-state index in [1.165, 1.54) is 12.8 Å². The number of hydrogen-bond acceptors (Lipinski definition) is 2. The first-order chi connectivity index (χ1) is 9.08. The van der Waals surface area contributed by atoms with Crippen molar-refractivity contribution in [2.75, 3.05) is 0 Å². The maximum Gasteiger partial charge on any atom is 0.147 e. The lowest BCUT2D eigenvalue weighted by atomic mass is 10.3. The number of hydrogen-bond donors (Lipinski definition) is 0. The van der Waals surface area contributed by atoms with Crippen LogP contribution in [0.4, 0.5) is 0 Å². The van der Waals surface area contributed by atoms with Gasteiger partial charge in [-0.05, 0) is 45.7 Å². The van der Waals surface area contributed by atoms with Gasteiger partial charge in [-0.25, -0.2) is 4.98 Å². The molecule has 3 rings (SSSR count). The van der Waals surface area contributed by atoms with Gasteiger partial charge in [-0.3, -0.25) is 0 Å². The molecule has 0 aliphatic heterocycles. The average Bonchev–Trinajstić information content (AvgIpc) is 3.09. The van der Waals surface area contributed by atoms with Crippen molar-refractivity contribution in [1.82, 2.24) is 9.55 Å². The second-order valence-corrected chi connectivity index (χ2v) is 6.13. The third kappa shape index (κ3) is 2.32. The van der Waals surface area contributed by atoms with Crippen molar-refractivity contribution in [3.8, 4) is 5.75 Å². The summed E-state index contributed by atoms with van der Waals surface area (Å²) in [7, 11) is 0. The highest BCUT2D eigenvalue weighted by Crippen LogP contribution is 2.42. The van der Waals surface area contributed by atoms with E-state index in [0.717, 1.165) is 22.6 Å². The first-order valence-electron chi connectivity index (χ1n) is 6.89. The van der Waals surface area contributed by atoms with Gasteiger partial charge in [0.25, 0.3) is 0 Å². The highest BCUT2D eigenvalue weighted by atomic mass is 35.5. The second kappa shape index (κ2) is 4.71. The van der Waals surface area contributed by atoms with Gasteiger partial charge in [0.1, 0.15) is 17.1 Å². The van der Waals surface area contributed by atoms with Crippen LogP contribution in [0.25, 0.3) is 11.0 Å². The Labute approximate surface area is 118 Å². The van der Waals surface area contributed by atoms with E-state index in [1.54, 1.807) is 0 Å². The summed E-state index contributed by atoms with van der Waals surface area (Å²) in [5, 5.41) is -0.0834. The van der Waals surface area contributed by atoms with Crippen molar-refractivity contribution in [1.29, 1.82) is 0 Å². The molecule has 19 heavy (non-hydrogen) atoms. The van der Waals surface area contributed by atoms with Gasteiger partial charge in [0.05, 0.1) is 17.0 Å². The number of alkyl halides is 1. The van der Waals surface area contributed by atoms with E-state index in [4.69, 9.17) is 21.3 Å². The van der Waals surface area contributed by atoms with Crippen molar-refractivity contribution in [3.63, 3.8) is 0 Å². The molecular formula is C15H19ClN2O. The molecule has 0 radical (unpaired) electrons. The Kier molecular flexibility index (Phi) is 3.17. The first kappa shape index (κ1) is 12.8. The molecule has 0 spiro atoms. The van der Waals surface area contributed by atoms with Crippen LogP contribution in [0.15, 0.2) is 18.2 Å². The molecule has 2 aromatic rings. The molecule has 1 aliphatic carbocycles. The molecule has 4 heteroatoms. The van der Waals surface area contributed by atoms with Gasteiger partial charge in [0.2, 0.25) is 0 Å². The van der Waals surface area contributed by atoms with Crippen LogP contribution in [0.1, 0.15) is 50.9 Å². The van der Waals surface area contributed by atoms with E-state index < -0.39 is 0 Å². The van der Waals surface area contributed by atoms with Crippen molar-refractivity contribution >= 4 is 22.6 Å². The SMILES string of the molecule is CC(C)Oc1cccc2c1nc(C(C)Cl)n2C1CC1. The van der Waals surface area contributed by atoms with E-state index >= 15 is 0 Å². The predicted octanol–water partition coefficient (Wildman–Crippen LogP) is 4.46. The number of rotatable bonds is 4. The van der Waals surface area contributed by atoms with Gasteiger partial charge >= 0.3 is 0 Å². The number of nitrogens with zero attached hydrogens (tertiary/aromatic N) is 2. The Morgan fingerprint density at radius 1 is 1.32 bits per heavy atom. The minimum atomic E-state index is -0.0834. The van der Waals surface area contributed by atoms with Crippen LogP contribution in [-0.2, 0) is 0 Å². The Balaban J connectivity index is 2.18. The summed E-state index contributed by atoms with van der Waals surface area (Å²) in [5.41, 5.74) is 2.08. The third-order valence-corrected chi connectivity index (χ3v) is 3.54. The molecule has 102 valence electrons. The highest BCUT2D eigenvalue weighted by Gasteiger charge is 2.30. The first-order valence-corrected chi connectivity index (χ1v) is 7.33. The lowest BCUT2D eigenvalue weighted by Crippen LogP contribution is -2.05. The van der Waals surface area contributed by atoms with Crippen molar-refractivity contribution in [2.45, 2.75) is 51.1 Å². The number of ether oxygens (including phenoxy) is 1. The molecule has 1 aliphatic rings. The smallest absolute Gasteiger partial charge is 0.147 e. The fraction of sp³-hybridized carbons (Fsp3) is 0.533. The molecule has 0 bridgehead atoms. The van der Waals surface area contributed by atoms with Gasteiger partial charge in [-0.1, -0.05) is 6.07 Å². The van der Waals surface area contributed by atoms with E-state index in [2.05, 4.69) is 10.6 Å². The van der Waals surface area contributed by atoms with Gasteiger partial charge in [0.15, 0.2) is 0 Å². The van der Waals surface area contributed by atoms with Crippen LogP contribution in [0.2, 0.25) is 0 Å². The third-order valence-electron chi connectivity index (χ3n) is 3.34. The van der Waals surface area contributed by atoms with E-state index in [1.807, 2.05) is 32.9 Å². The Morgan fingerprint density at radius 3 is 2.63 bits per heavy atom. The lowest BCUT2D eigenvalue weighted by Gasteiger charge is -2.10. The van der Waals surface area contributed by atoms with E-state index in [-0.39, 0.29) is 11.5 Å². The summed E-state index contributed by atoms with van der Waals surface area (Å²) in [5.74, 6) is 1.81. The predicted molar refractivity (Wildman–Crippen MR) is 78.0 cm³/mol. The zero-order chi connectivity index (χ0) is 13.6. The summed E-state index contributed by atoms with van der Waals surface area (Å²) < 4.78 is 8.15. The van der Waals surface area contributed by atoms with Crippen LogP contribution in [-0.4, -0.2) is 15.7 Å². The number of benzene rings is 1. The topological polar surface area (TPSA) is 27.1 Å². The molecule has 1 unspecified atom stereocenters. The van der Waals surface area contributed by atoms with Gasteiger partial charge in [0, 0.05) is 6.04 Å². The molecule has 0 N–H and O–H groups in total. The highest BCUT2D eigenvalue weighted by molar-refractivity contribution is 6.20. The van der Waals surface area contributed by atoms with Crippen molar-refractivity contribution in [2.24, 2.45) is 0 Å². The second-order valence-electron chi connectivity index (χ2n) is 5.48. The largest absolute Gasteiger partial charge is 0.489 e. The summed E-state index contributed by atoms with van der Waals surface area (Å²) in [6.45, 7) is 6.04. The summed E-state index contributed by atoms with van der Waals surface area (Å²) in [6, 6.07) is 6.69. The molecule has 1 aromatic carbocycles. The normalized spacial score (nSPS) is 17.1. The monoisotopic (exact) mass is 278 g/mol. The van der Waals surface area contributed by atoms with Gasteiger partial charge in [-0.2, -0.15) is 0 Å². The summed E-state index contributed by atoms with van der Waals surface area (Å²) in [4.78, 5) is 4.73. The molecule has 3 nitrogen and oxygen atoms in total. The van der Waals surface area contributed by atoms with E-state index in [9.17, 15) is 0 Å². The number of imidazole rings is 1. The van der Waals surface area contributed by atoms with Crippen molar-refractivity contribution in [3.05, 3.63) is 24.0 Å². The lowest BCUT2D eigenvalue weighted by molar-refractivity contribution is 0.245. The summed E-state index contributed by atoms with van der Waals surface area (Å²) >= 11 is 6.29. The molecule has 0 amide bonds. The fourth-order valence-corrected chi connectivity index (χ4v) is 2.61. The standard InChI is InChI=1S/C15H19ClN2O/c1-9(2)19-13-6-4-5-12-14(13)17-15(10(3)16)18(12)11-7-8-11/h4-6,9-11H,7-8H2,1-3H3. The Bertz CT molecular complexity index is 599. The molecule has 0 saturated heterocycles. The number of fused-ring (bicyclic) bond motifs is 1. The Morgan fingerprint density at radius 2 is 2.05 bits per heavy atom. The van der Waals surface area contributed by atoms with Crippen LogP contribution >= 0.6 is 11.6 Å². The Hall–Kier alpha value is -1.22. The average molecular weight is 279 g/mol. The zero-order valence-corrected chi connectivity index (χ0v) is 12.3. The minimum absolute atomic E-state index is 0.0834. The van der Waals surface area contributed by atoms with Crippen molar-refractivity contribution < 1.29 is 4.74 Å². The van der Waals surface area contributed by atoms with Gasteiger partial charge < -0.3 is 9.30 Å². The molecule has 1 saturated carbocycles. The van der Waals surface area contributed by atoms with Crippen LogP contribution < -0.4 is 4.74 Å². The number of halogens is 1. The molecule has 1 atom stereocenters. The maximum atomic E-state index is 6.29.